The molecule has 2 aliphatic heterocycles. The Balaban J connectivity index is 1.46. The van der Waals surface area contributed by atoms with Gasteiger partial charge in [0.1, 0.15) is 15.6 Å². The number of ether oxygens (including phenoxy) is 1. The van der Waals surface area contributed by atoms with Gasteiger partial charge in [-0.15, -0.1) is 0 Å². The van der Waals surface area contributed by atoms with Gasteiger partial charge in [-0.3, -0.25) is 4.90 Å². The van der Waals surface area contributed by atoms with Crippen LogP contribution in [0.4, 0.5) is 11.4 Å². The standard InChI is InChI=1S/C20H34N4O3S/c1-3-27-20-16-18(4-5-19(20)21)24-12-10-23(11-13-24)17-6-8-22(9-7-17)14-15-28(2,25)26/h4-5,16-17H,3,6-15,21H2,1-2H3. The molecule has 158 valence electrons. The summed E-state index contributed by atoms with van der Waals surface area (Å²) < 4.78 is 28.3. The van der Waals surface area contributed by atoms with E-state index in [1.165, 1.54) is 11.9 Å². The molecule has 0 amide bonds. The van der Waals surface area contributed by atoms with Crippen molar-refractivity contribution < 1.29 is 13.2 Å². The van der Waals surface area contributed by atoms with Crippen LogP contribution in [0.25, 0.3) is 0 Å². The molecule has 2 heterocycles. The highest BCUT2D eigenvalue weighted by molar-refractivity contribution is 7.90. The summed E-state index contributed by atoms with van der Waals surface area (Å²) in [6.45, 7) is 9.37. The highest BCUT2D eigenvalue weighted by Gasteiger charge is 2.28. The van der Waals surface area contributed by atoms with E-state index in [-0.39, 0.29) is 5.75 Å². The number of hydrogen-bond donors (Lipinski definition) is 1. The van der Waals surface area contributed by atoms with Gasteiger partial charge in [-0.2, -0.15) is 0 Å². The van der Waals surface area contributed by atoms with Crippen LogP contribution in [0, 0.1) is 0 Å². The summed E-state index contributed by atoms with van der Waals surface area (Å²) in [6, 6.07) is 6.67. The first-order chi connectivity index (χ1) is 13.4. The van der Waals surface area contributed by atoms with Crippen molar-refractivity contribution in [3.63, 3.8) is 0 Å². The molecule has 0 atom stereocenters. The van der Waals surface area contributed by atoms with Gasteiger partial charge in [0.05, 0.1) is 18.0 Å². The van der Waals surface area contributed by atoms with E-state index in [0.29, 0.717) is 24.9 Å². The Bertz CT molecular complexity index is 740. The Morgan fingerprint density at radius 1 is 1.11 bits per heavy atom. The molecule has 28 heavy (non-hydrogen) atoms. The van der Waals surface area contributed by atoms with Gasteiger partial charge in [-0.05, 0) is 45.0 Å². The van der Waals surface area contributed by atoms with Gasteiger partial charge in [0.15, 0.2) is 0 Å². The van der Waals surface area contributed by atoms with E-state index in [9.17, 15) is 8.42 Å². The number of nitrogen functional groups attached to an aromatic ring is 1. The molecule has 0 aromatic heterocycles. The number of nitrogens with zero attached hydrogens (tertiary/aromatic N) is 3. The smallest absolute Gasteiger partial charge is 0.148 e. The molecule has 2 saturated heterocycles. The van der Waals surface area contributed by atoms with Gasteiger partial charge in [0.25, 0.3) is 0 Å². The van der Waals surface area contributed by atoms with Crippen molar-refractivity contribution in [3.05, 3.63) is 18.2 Å². The molecule has 0 spiro atoms. The third-order valence-corrected chi connectivity index (χ3v) is 6.75. The molecular formula is C20H34N4O3S. The third-order valence-electron chi connectivity index (χ3n) is 5.83. The van der Waals surface area contributed by atoms with Crippen molar-refractivity contribution in [1.29, 1.82) is 0 Å². The van der Waals surface area contributed by atoms with Gasteiger partial charge in [0.2, 0.25) is 0 Å². The quantitative estimate of drug-likeness (QED) is 0.679. The zero-order valence-corrected chi connectivity index (χ0v) is 18.0. The first kappa shape index (κ1) is 21.2. The lowest BCUT2D eigenvalue weighted by molar-refractivity contribution is 0.106. The van der Waals surface area contributed by atoms with Crippen LogP contribution in [-0.4, -0.2) is 88.7 Å². The molecule has 1 aromatic carbocycles. The topological polar surface area (TPSA) is 79.1 Å². The van der Waals surface area contributed by atoms with Gasteiger partial charge >= 0.3 is 0 Å². The number of rotatable bonds is 7. The van der Waals surface area contributed by atoms with E-state index in [1.807, 2.05) is 13.0 Å². The number of likely N-dealkylation sites (tertiary alicyclic amines) is 1. The maximum Gasteiger partial charge on any atom is 0.148 e. The predicted octanol–water partition coefficient (Wildman–Crippen LogP) is 1.30. The molecule has 7 nitrogen and oxygen atoms in total. The van der Waals surface area contributed by atoms with Crippen LogP contribution in [-0.2, 0) is 9.84 Å². The molecule has 3 rings (SSSR count). The number of nitrogens with two attached hydrogens (primary N) is 1. The largest absolute Gasteiger partial charge is 0.492 e. The van der Waals surface area contributed by atoms with Crippen LogP contribution in [0.3, 0.4) is 0 Å². The number of piperazine rings is 1. The number of benzene rings is 1. The third kappa shape index (κ3) is 5.75. The lowest BCUT2D eigenvalue weighted by Gasteiger charge is -2.43. The fourth-order valence-corrected chi connectivity index (χ4v) is 4.74. The Kier molecular flexibility index (Phi) is 7.06. The zero-order chi connectivity index (χ0) is 20.1. The Labute approximate surface area is 169 Å². The molecule has 0 aliphatic carbocycles. The summed E-state index contributed by atoms with van der Waals surface area (Å²) >= 11 is 0. The molecule has 1 aromatic rings. The summed E-state index contributed by atoms with van der Waals surface area (Å²) in [5.41, 5.74) is 7.85. The van der Waals surface area contributed by atoms with Crippen molar-refractivity contribution in [2.75, 3.05) is 75.1 Å². The Hall–Kier alpha value is -1.51. The van der Waals surface area contributed by atoms with Crippen molar-refractivity contribution in [2.24, 2.45) is 0 Å². The van der Waals surface area contributed by atoms with E-state index in [4.69, 9.17) is 10.5 Å². The highest BCUT2D eigenvalue weighted by Crippen LogP contribution is 2.29. The number of sulfone groups is 1. The minimum Gasteiger partial charge on any atom is -0.492 e. The molecule has 8 heteroatoms. The molecule has 0 radical (unpaired) electrons. The second-order valence-electron chi connectivity index (χ2n) is 7.88. The lowest BCUT2D eigenvalue weighted by atomic mass is 10.0. The number of anilines is 2. The lowest BCUT2D eigenvalue weighted by Crippen LogP contribution is -2.53. The van der Waals surface area contributed by atoms with Gasteiger partial charge in [-0.1, -0.05) is 0 Å². The SMILES string of the molecule is CCOc1cc(N2CCN(C3CCN(CCS(C)(=O)=O)CC3)CC2)ccc1N. The zero-order valence-electron chi connectivity index (χ0n) is 17.1. The van der Waals surface area contributed by atoms with Crippen LogP contribution >= 0.6 is 0 Å². The average Bonchev–Trinajstić information content (AvgIpc) is 2.68. The maximum atomic E-state index is 11.4. The van der Waals surface area contributed by atoms with Crippen molar-refractivity contribution in [3.8, 4) is 5.75 Å². The minimum atomic E-state index is -2.87. The first-order valence-corrected chi connectivity index (χ1v) is 12.3. The average molecular weight is 411 g/mol. The normalized spacial score (nSPS) is 20.4. The van der Waals surface area contributed by atoms with Crippen molar-refractivity contribution >= 4 is 21.2 Å². The van der Waals surface area contributed by atoms with E-state index in [0.717, 1.165) is 57.9 Å². The first-order valence-electron chi connectivity index (χ1n) is 10.3. The maximum absolute atomic E-state index is 11.4. The van der Waals surface area contributed by atoms with E-state index in [2.05, 4.69) is 26.8 Å². The summed E-state index contributed by atoms with van der Waals surface area (Å²) in [5, 5.41) is 0. The molecule has 2 aliphatic rings. The minimum absolute atomic E-state index is 0.266. The summed E-state index contributed by atoms with van der Waals surface area (Å²) in [6.07, 6.45) is 3.57. The van der Waals surface area contributed by atoms with Crippen LogP contribution in [0.2, 0.25) is 0 Å². The van der Waals surface area contributed by atoms with Crippen LogP contribution in [0.1, 0.15) is 19.8 Å². The van der Waals surface area contributed by atoms with Crippen LogP contribution in [0.15, 0.2) is 18.2 Å². The van der Waals surface area contributed by atoms with E-state index in [1.54, 1.807) is 0 Å². The molecule has 2 N–H and O–H groups in total. The van der Waals surface area contributed by atoms with E-state index < -0.39 is 9.84 Å². The van der Waals surface area contributed by atoms with Crippen LogP contribution < -0.4 is 15.4 Å². The number of hydrogen-bond acceptors (Lipinski definition) is 7. The van der Waals surface area contributed by atoms with E-state index >= 15 is 0 Å². The molecule has 0 bridgehead atoms. The Morgan fingerprint density at radius 3 is 2.39 bits per heavy atom. The van der Waals surface area contributed by atoms with Gasteiger partial charge < -0.3 is 20.3 Å². The van der Waals surface area contributed by atoms with Crippen LogP contribution in [0.5, 0.6) is 5.75 Å². The van der Waals surface area contributed by atoms with Gasteiger partial charge in [-0.25, -0.2) is 8.42 Å². The summed E-state index contributed by atoms with van der Waals surface area (Å²) in [5.74, 6) is 1.03. The second kappa shape index (κ2) is 9.33. The van der Waals surface area contributed by atoms with Crippen molar-refractivity contribution in [1.82, 2.24) is 9.80 Å². The monoisotopic (exact) mass is 410 g/mol. The molecular weight excluding hydrogens is 376 g/mol. The fraction of sp³-hybridized carbons (Fsp3) is 0.700. The van der Waals surface area contributed by atoms with Gasteiger partial charge in [0, 0.05) is 56.8 Å². The highest BCUT2D eigenvalue weighted by atomic mass is 32.2. The Morgan fingerprint density at radius 2 is 1.79 bits per heavy atom. The molecule has 0 unspecified atom stereocenters. The summed E-state index contributed by atoms with van der Waals surface area (Å²) in [4.78, 5) is 7.29. The van der Waals surface area contributed by atoms with Crippen molar-refractivity contribution in [2.45, 2.75) is 25.8 Å². The predicted molar refractivity (Wildman–Crippen MR) is 115 cm³/mol. The second-order valence-corrected chi connectivity index (χ2v) is 10.1. The fourth-order valence-electron chi connectivity index (χ4n) is 4.15. The number of piperidine rings is 1. The molecule has 2 fully saturated rings. The molecule has 0 saturated carbocycles. The summed E-state index contributed by atoms with van der Waals surface area (Å²) in [7, 11) is -2.87.